The van der Waals surface area contributed by atoms with Gasteiger partial charge in [0.25, 0.3) is 5.91 Å². The van der Waals surface area contributed by atoms with Crippen molar-refractivity contribution in [1.29, 1.82) is 0 Å². The summed E-state index contributed by atoms with van der Waals surface area (Å²) >= 11 is 15.3. The molecule has 0 spiro atoms. The summed E-state index contributed by atoms with van der Waals surface area (Å²) in [6, 6.07) is 5.02. The third-order valence-electron chi connectivity index (χ3n) is 2.35. The minimum atomic E-state index is -0.164. The highest BCUT2D eigenvalue weighted by Gasteiger charge is 2.18. The zero-order chi connectivity index (χ0) is 13.7. The van der Waals surface area contributed by atoms with Gasteiger partial charge in [0.1, 0.15) is 0 Å². The minimum Gasteiger partial charge on any atom is -0.383 e. The van der Waals surface area contributed by atoms with Crippen LogP contribution in [0.2, 0.25) is 10.0 Å². The molecule has 0 aliphatic carbocycles. The van der Waals surface area contributed by atoms with E-state index in [-0.39, 0.29) is 15.8 Å². The average molecular weight is 355 g/mol. The van der Waals surface area contributed by atoms with Gasteiger partial charge in [0, 0.05) is 20.7 Å². The Hall–Kier alpha value is -0.290. The van der Waals surface area contributed by atoms with Crippen LogP contribution in [0.1, 0.15) is 10.4 Å². The molecule has 0 N–H and O–H groups in total. The first kappa shape index (κ1) is 15.8. The molecule has 1 amide bonds. The molecule has 0 aromatic heterocycles. The van der Waals surface area contributed by atoms with Gasteiger partial charge in [-0.2, -0.15) is 0 Å². The summed E-state index contributed by atoms with van der Waals surface area (Å²) in [6.07, 6.45) is 0. The number of carbonyl (C=O) groups is 1. The molecule has 0 radical (unpaired) electrons. The van der Waals surface area contributed by atoms with Gasteiger partial charge in [-0.3, -0.25) is 4.79 Å². The molecule has 0 saturated carbocycles. The summed E-state index contributed by atoms with van der Waals surface area (Å²) in [4.78, 5) is 13.8. The molecule has 0 fully saturated rings. The molecule has 0 aliphatic heterocycles. The molecule has 1 atom stereocenters. The summed E-state index contributed by atoms with van der Waals surface area (Å²) in [7, 11) is 3.33. The van der Waals surface area contributed by atoms with E-state index >= 15 is 0 Å². The van der Waals surface area contributed by atoms with Crippen molar-refractivity contribution in [1.82, 2.24) is 4.90 Å². The lowest BCUT2D eigenvalue weighted by Crippen LogP contribution is -2.33. The van der Waals surface area contributed by atoms with E-state index in [9.17, 15) is 4.79 Å². The third-order valence-corrected chi connectivity index (χ3v) is 3.72. The molecule has 3 nitrogen and oxygen atoms in total. The number of rotatable bonds is 5. The van der Waals surface area contributed by atoms with E-state index in [4.69, 9.17) is 27.9 Å². The Morgan fingerprint density at radius 1 is 1.50 bits per heavy atom. The monoisotopic (exact) mass is 353 g/mol. The number of carbonyl (C=O) groups excluding carboxylic acids is 1. The largest absolute Gasteiger partial charge is 0.383 e. The van der Waals surface area contributed by atoms with Crippen molar-refractivity contribution in [3.8, 4) is 0 Å². The van der Waals surface area contributed by atoms with Crippen LogP contribution in [0.25, 0.3) is 0 Å². The number of alkyl halides is 1. The highest BCUT2D eigenvalue weighted by atomic mass is 79.9. The van der Waals surface area contributed by atoms with E-state index in [1.807, 2.05) is 0 Å². The maximum atomic E-state index is 12.2. The number of hydrogen-bond acceptors (Lipinski definition) is 2. The predicted molar refractivity (Wildman–Crippen MR) is 78.0 cm³/mol. The highest BCUT2D eigenvalue weighted by Crippen LogP contribution is 2.26. The second-order valence-corrected chi connectivity index (χ2v) is 5.92. The fourth-order valence-electron chi connectivity index (χ4n) is 1.49. The Morgan fingerprint density at radius 2 is 2.17 bits per heavy atom. The Labute approximate surface area is 125 Å². The van der Waals surface area contributed by atoms with Crippen LogP contribution in [0.4, 0.5) is 0 Å². The fourth-order valence-corrected chi connectivity index (χ4v) is 2.57. The van der Waals surface area contributed by atoms with Crippen LogP contribution in [-0.2, 0) is 4.74 Å². The molecule has 0 bridgehead atoms. The first-order chi connectivity index (χ1) is 8.47. The van der Waals surface area contributed by atoms with Crippen LogP contribution < -0.4 is 0 Å². The van der Waals surface area contributed by atoms with E-state index in [1.165, 1.54) is 0 Å². The summed E-state index contributed by atoms with van der Waals surface area (Å²) in [6.45, 7) is 1.05. The molecule has 0 saturated heterocycles. The lowest BCUT2D eigenvalue weighted by molar-refractivity contribution is 0.0784. The van der Waals surface area contributed by atoms with E-state index in [0.29, 0.717) is 23.7 Å². The Balaban J connectivity index is 2.77. The fraction of sp³-hybridized carbons (Fsp3) is 0.417. The smallest absolute Gasteiger partial charge is 0.255 e. The Kier molecular flexibility index (Phi) is 6.43. The molecular weight excluding hydrogens is 341 g/mol. The average Bonchev–Trinajstić information content (AvgIpc) is 2.32. The van der Waals surface area contributed by atoms with Gasteiger partial charge in [-0.15, -0.1) is 0 Å². The van der Waals surface area contributed by atoms with Gasteiger partial charge in [0.15, 0.2) is 0 Å². The third kappa shape index (κ3) is 4.12. The van der Waals surface area contributed by atoms with Crippen molar-refractivity contribution in [2.75, 3.05) is 27.3 Å². The van der Waals surface area contributed by atoms with Crippen molar-refractivity contribution < 1.29 is 9.53 Å². The highest BCUT2D eigenvalue weighted by molar-refractivity contribution is 9.09. The zero-order valence-corrected chi connectivity index (χ0v) is 13.2. The van der Waals surface area contributed by atoms with Crippen molar-refractivity contribution >= 4 is 45.0 Å². The Bertz CT molecular complexity index is 429. The maximum Gasteiger partial charge on any atom is 0.255 e. The van der Waals surface area contributed by atoms with Crippen LogP contribution in [0, 0.1) is 0 Å². The number of ether oxygens (including phenoxy) is 1. The number of amides is 1. The zero-order valence-electron chi connectivity index (χ0n) is 10.1. The van der Waals surface area contributed by atoms with E-state index in [2.05, 4.69) is 15.9 Å². The van der Waals surface area contributed by atoms with E-state index in [1.54, 1.807) is 37.3 Å². The SMILES string of the molecule is COCC(Br)CN(C)C(=O)c1cccc(Cl)c1Cl. The topological polar surface area (TPSA) is 29.5 Å². The van der Waals surface area contributed by atoms with Crippen molar-refractivity contribution in [3.05, 3.63) is 33.8 Å². The lowest BCUT2D eigenvalue weighted by Gasteiger charge is -2.21. The molecule has 100 valence electrons. The van der Waals surface area contributed by atoms with Crippen LogP contribution in [-0.4, -0.2) is 42.9 Å². The number of methoxy groups -OCH3 is 1. The molecule has 1 unspecified atom stereocenters. The van der Waals surface area contributed by atoms with Gasteiger partial charge in [-0.1, -0.05) is 45.2 Å². The Morgan fingerprint density at radius 3 is 2.78 bits per heavy atom. The summed E-state index contributed by atoms with van der Waals surface area (Å²) in [5.41, 5.74) is 0.406. The van der Waals surface area contributed by atoms with Crippen LogP contribution in [0.5, 0.6) is 0 Å². The summed E-state index contributed by atoms with van der Waals surface area (Å²) < 4.78 is 5.00. The molecular formula is C12H14BrCl2NO2. The predicted octanol–water partition coefficient (Wildman–Crippen LogP) is 3.48. The molecule has 6 heteroatoms. The number of benzene rings is 1. The van der Waals surface area contributed by atoms with Gasteiger partial charge in [-0.05, 0) is 12.1 Å². The van der Waals surface area contributed by atoms with Gasteiger partial charge in [-0.25, -0.2) is 0 Å². The molecule has 0 aliphatic rings. The van der Waals surface area contributed by atoms with Gasteiger partial charge >= 0.3 is 0 Å². The quantitative estimate of drug-likeness (QED) is 0.757. The molecule has 0 heterocycles. The van der Waals surface area contributed by atoms with Crippen molar-refractivity contribution in [2.24, 2.45) is 0 Å². The number of halogens is 3. The molecule has 18 heavy (non-hydrogen) atoms. The van der Waals surface area contributed by atoms with E-state index < -0.39 is 0 Å². The van der Waals surface area contributed by atoms with Crippen LogP contribution in [0.15, 0.2) is 18.2 Å². The van der Waals surface area contributed by atoms with Crippen molar-refractivity contribution in [2.45, 2.75) is 4.83 Å². The van der Waals surface area contributed by atoms with Gasteiger partial charge in [0.05, 0.1) is 27.0 Å². The standard InChI is InChI=1S/C12H14BrCl2NO2/c1-16(6-8(13)7-18-2)12(17)9-4-3-5-10(14)11(9)15/h3-5,8H,6-7H2,1-2H3. The van der Waals surface area contributed by atoms with Crippen molar-refractivity contribution in [3.63, 3.8) is 0 Å². The first-order valence-corrected chi connectivity index (χ1v) is 6.97. The number of hydrogen-bond donors (Lipinski definition) is 0. The number of nitrogens with zero attached hydrogens (tertiary/aromatic N) is 1. The minimum absolute atomic E-state index is 0.0782. The molecule has 1 aromatic carbocycles. The van der Waals surface area contributed by atoms with E-state index in [0.717, 1.165) is 0 Å². The molecule has 1 aromatic rings. The van der Waals surface area contributed by atoms with Crippen LogP contribution >= 0.6 is 39.1 Å². The van der Waals surface area contributed by atoms with Gasteiger partial charge in [0.2, 0.25) is 0 Å². The normalized spacial score (nSPS) is 12.3. The van der Waals surface area contributed by atoms with Gasteiger partial charge < -0.3 is 9.64 Å². The lowest BCUT2D eigenvalue weighted by atomic mass is 10.2. The second-order valence-electron chi connectivity index (χ2n) is 3.84. The first-order valence-electron chi connectivity index (χ1n) is 5.29. The molecule has 1 rings (SSSR count). The second kappa shape index (κ2) is 7.34. The maximum absolute atomic E-state index is 12.2. The summed E-state index contributed by atoms with van der Waals surface area (Å²) in [5, 5.41) is 0.664. The van der Waals surface area contributed by atoms with Crippen LogP contribution in [0.3, 0.4) is 0 Å². The summed E-state index contributed by atoms with van der Waals surface area (Å²) in [5.74, 6) is -0.164.